The number of benzene rings is 1. The molecule has 66 valence electrons. The molecule has 0 saturated heterocycles. The van der Waals surface area contributed by atoms with Gasteiger partial charge in [0.2, 0.25) is 0 Å². The lowest BCUT2D eigenvalue weighted by molar-refractivity contribution is 0.707. The molecule has 0 aliphatic carbocycles. The Bertz CT molecular complexity index is 258. The van der Waals surface area contributed by atoms with Gasteiger partial charge < -0.3 is 3.07 Å². The zero-order valence-corrected chi connectivity index (χ0v) is 9.59. The number of rotatable bonds is 3. The highest BCUT2D eigenvalue weighted by Crippen LogP contribution is 2.21. The van der Waals surface area contributed by atoms with Crippen molar-refractivity contribution >= 4 is 23.0 Å². The Balaban J connectivity index is 2.86. The summed E-state index contributed by atoms with van der Waals surface area (Å²) in [6.45, 7) is 4.27. The van der Waals surface area contributed by atoms with Crippen LogP contribution in [0.3, 0.4) is 0 Å². The van der Waals surface area contributed by atoms with Crippen molar-refractivity contribution in [2.24, 2.45) is 0 Å². The monoisotopic (exact) mass is 276 g/mol. The Hall–Kier alpha value is -0.250. The average Bonchev–Trinajstić information content (AvgIpc) is 2.05. The van der Waals surface area contributed by atoms with E-state index in [-0.39, 0.29) is 0 Å². The van der Waals surface area contributed by atoms with E-state index in [2.05, 4.69) is 26.0 Å². The van der Waals surface area contributed by atoms with Gasteiger partial charge in [-0.3, -0.25) is 0 Å². The lowest BCUT2D eigenvalue weighted by atomic mass is 10.1. The van der Waals surface area contributed by atoms with E-state index in [1.54, 1.807) is 0 Å². The van der Waals surface area contributed by atoms with Gasteiger partial charge in [0.1, 0.15) is 5.75 Å². The highest BCUT2D eigenvalue weighted by atomic mass is 127. The van der Waals surface area contributed by atoms with E-state index in [0.29, 0.717) is 0 Å². The third-order valence-electron chi connectivity index (χ3n) is 1.86. The maximum atomic E-state index is 5.15. The molecule has 0 heterocycles. The summed E-state index contributed by atoms with van der Waals surface area (Å²) in [7, 11) is 0. The van der Waals surface area contributed by atoms with Crippen molar-refractivity contribution in [1.29, 1.82) is 0 Å². The standard InChI is InChI=1S/C10H13IO/c1-3-4-9-5-6-10(12-11)8(2)7-9/h5-7H,3-4H2,1-2H3. The molecule has 0 unspecified atom stereocenters. The van der Waals surface area contributed by atoms with Crippen LogP contribution in [0.2, 0.25) is 0 Å². The minimum Gasteiger partial charge on any atom is -0.427 e. The molecule has 12 heavy (non-hydrogen) atoms. The Morgan fingerprint density at radius 2 is 2.17 bits per heavy atom. The van der Waals surface area contributed by atoms with Gasteiger partial charge in [0, 0.05) is 0 Å². The summed E-state index contributed by atoms with van der Waals surface area (Å²) < 4.78 is 5.15. The zero-order valence-electron chi connectivity index (χ0n) is 7.43. The van der Waals surface area contributed by atoms with Gasteiger partial charge in [0.25, 0.3) is 0 Å². The van der Waals surface area contributed by atoms with Gasteiger partial charge in [-0.2, -0.15) is 0 Å². The van der Waals surface area contributed by atoms with Crippen molar-refractivity contribution in [3.05, 3.63) is 29.3 Å². The molecule has 0 aliphatic heterocycles. The normalized spacial score (nSPS) is 9.92. The molecule has 0 aliphatic rings. The molecule has 0 amide bonds. The summed E-state index contributed by atoms with van der Waals surface area (Å²) in [5.41, 5.74) is 2.61. The fourth-order valence-electron chi connectivity index (χ4n) is 1.24. The maximum absolute atomic E-state index is 5.15. The molecule has 0 atom stereocenters. The number of hydrogen-bond acceptors (Lipinski definition) is 1. The van der Waals surface area contributed by atoms with E-state index in [9.17, 15) is 0 Å². The first-order valence-corrected chi connectivity index (χ1v) is 5.04. The molecule has 1 rings (SSSR count). The molecular weight excluding hydrogens is 263 g/mol. The van der Waals surface area contributed by atoms with Gasteiger partial charge in [0.15, 0.2) is 23.0 Å². The highest BCUT2D eigenvalue weighted by Gasteiger charge is 1.98. The van der Waals surface area contributed by atoms with Crippen LogP contribution in [0.25, 0.3) is 0 Å². The number of halogens is 1. The Kier molecular flexibility index (Phi) is 3.85. The molecule has 0 N–H and O–H groups in total. The fourth-order valence-corrected chi connectivity index (χ4v) is 1.74. The van der Waals surface area contributed by atoms with Crippen LogP contribution < -0.4 is 3.07 Å². The lowest BCUT2D eigenvalue weighted by Crippen LogP contribution is -1.86. The van der Waals surface area contributed by atoms with Crippen LogP contribution in [0.5, 0.6) is 5.75 Å². The Labute approximate surface area is 87.8 Å². The third kappa shape index (κ3) is 2.37. The van der Waals surface area contributed by atoms with Crippen molar-refractivity contribution in [2.75, 3.05) is 0 Å². The quantitative estimate of drug-likeness (QED) is 0.765. The smallest absolute Gasteiger partial charge is 0.192 e. The summed E-state index contributed by atoms with van der Waals surface area (Å²) in [4.78, 5) is 0. The fraction of sp³-hybridized carbons (Fsp3) is 0.400. The second-order valence-corrected chi connectivity index (χ2v) is 3.37. The largest absolute Gasteiger partial charge is 0.427 e. The van der Waals surface area contributed by atoms with E-state index in [1.165, 1.54) is 17.5 Å². The molecule has 2 heteroatoms. The SMILES string of the molecule is CCCc1ccc(OI)c(C)c1. The highest BCUT2D eigenvalue weighted by molar-refractivity contribution is 14.1. The topological polar surface area (TPSA) is 9.23 Å². The predicted octanol–water partition coefficient (Wildman–Crippen LogP) is 3.68. The zero-order chi connectivity index (χ0) is 8.97. The van der Waals surface area contributed by atoms with Gasteiger partial charge in [-0.05, 0) is 30.5 Å². The van der Waals surface area contributed by atoms with Gasteiger partial charge in [-0.15, -0.1) is 0 Å². The lowest BCUT2D eigenvalue weighted by Gasteiger charge is -2.04. The van der Waals surface area contributed by atoms with Gasteiger partial charge in [-0.1, -0.05) is 25.5 Å². The predicted molar refractivity (Wildman–Crippen MR) is 59.8 cm³/mol. The summed E-state index contributed by atoms with van der Waals surface area (Å²) in [5.74, 6) is 0.968. The number of hydrogen-bond donors (Lipinski definition) is 0. The summed E-state index contributed by atoms with van der Waals surface area (Å²) in [6, 6.07) is 6.36. The van der Waals surface area contributed by atoms with Crippen molar-refractivity contribution in [3.8, 4) is 5.75 Å². The van der Waals surface area contributed by atoms with Crippen molar-refractivity contribution < 1.29 is 3.07 Å². The molecule has 0 radical (unpaired) electrons. The molecule has 1 nitrogen and oxygen atoms in total. The van der Waals surface area contributed by atoms with Crippen LogP contribution in [0, 0.1) is 6.92 Å². The molecule has 0 aromatic heterocycles. The minimum absolute atomic E-state index is 0.968. The van der Waals surface area contributed by atoms with Crippen molar-refractivity contribution in [2.45, 2.75) is 26.7 Å². The van der Waals surface area contributed by atoms with Crippen LogP contribution in [0.1, 0.15) is 24.5 Å². The van der Waals surface area contributed by atoms with E-state index in [0.717, 1.165) is 12.2 Å². The molecule has 0 bridgehead atoms. The van der Waals surface area contributed by atoms with E-state index < -0.39 is 0 Å². The first-order chi connectivity index (χ1) is 5.77. The first-order valence-electron chi connectivity index (χ1n) is 4.16. The van der Waals surface area contributed by atoms with Crippen molar-refractivity contribution in [3.63, 3.8) is 0 Å². The van der Waals surface area contributed by atoms with E-state index in [1.807, 2.05) is 29.1 Å². The van der Waals surface area contributed by atoms with Crippen LogP contribution in [-0.4, -0.2) is 0 Å². The third-order valence-corrected chi connectivity index (χ3v) is 2.34. The number of aryl methyl sites for hydroxylation is 2. The van der Waals surface area contributed by atoms with Gasteiger partial charge in [0.05, 0.1) is 0 Å². The minimum atomic E-state index is 0.968. The molecule has 1 aromatic rings. The van der Waals surface area contributed by atoms with Crippen LogP contribution >= 0.6 is 23.0 Å². The maximum Gasteiger partial charge on any atom is 0.192 e. The molecule has 0 fully saturated rings. The van der Waals surface area contributed by atoms with Crippen molar-refractivity contribution in [1.82, 2.24) is 0 Å². The second kappa shape index (κ2) is 4.70. The molecule has 0 saturated carbocycles. The molecular formula is C10H13IO. The molecule has 1 aromatic carbocycles. The van der Waals surface area contributed by atoms with E-state index >= 15 is 0 Å². The van der Waals surface area contributed by atoms with Gasteiger partial charge >= 0.3 is 0 Å². The van der Waals surface area contributed by atoms with Crippen LogP contribution in [-0.2, 0) is 6.42 Å². The van der Waals surface area contributed by atoms with E-state index in [4.69, 9.17) is 3.07 Å². The average molecular weight is 276 g/mol. The molecule has 0 spiro atoms. The van der Waals surface area contributed by atoms with Crippen LogP contribution in [0.4, 0.5) is 0 Å². The summed E-state index contributed by atoms with van der Waals surface area (Å²) >= 11 is 1.91. The van der Waals surface area contributed by atoms with Crippen LogP contribution in [0.15, 0.2) is 18.2 Å². The second-order valence-electron chi connectivity index (χ2n) is 2.93. The summed E-state index contributed by atoms with van der Waals surface area (Å²) in [6.07, 6.45) is 2.35. The summed E-state index contributed by atoms with van der Waals surface area (Å²) in [5, 5.41) is 0. The Morgan fingerprint density at radius 3 is 2.67 bits per heavy atom. The van der Waals surface area contributed by atoms with Gasteiger partial charge in [-0.25, -0.2) is 0 Å². The Morgan fingerprint density at radius 1 is 1.42 bits per heavy atom. The first kappa shape index (κ1) is 9.84.